The van der Waals surface area contributed by atoms with Gasteiger partial charge in [0.1, 0.15) is 0 Å². The number of imidazole rings is 1. The van der Waals surface area contributed by atoms with Gasteiger partial charge in [-0.05, 0) is 37.0 Å². The molecule has 0 bridgehead atoms. The first-order chi connectivity index (χ1) is 10.6. The molecule has 2 aromatic rings. The minimum atomic E-state index is 0.00507. The zero-order valence-electron chi connectivity index (χ0n) is 12.1. The molecule has 0 N–H and O–H groups in total. The van der Waals surface area contributed by atoms with Gasteiger partial charge in [-0.2, -0.15) is 0 Å². The molecular weight excluding hydrogens is 321 g/mol. The number of carbonyl (C=O) groups is 1. The summed E-state index contributed by atoms with van der Waals surface area (Å²) >= 11 is 11.9. The van der Waals surface area contributed by atoms with E-state index in [0.29, 0.717) is 21.5 Å². The molecule has 0 spiro atoms. The highest BCUT2D eigenvalue weighted by atomic mass is 35.5. The average Bonchev–Trinajstić information content (AvgIpc) is 2.99. The molecule has 1 amide bonds. The molecule has 1 fully saturated rings. The van der Waals surface area contributed by atoms with Crippen molar-refractivity contribution in [2.24, 2.45) is 5.92 Å². The van der Waals surface area contributed by atoms with Crippen LogP contribution in [0.15, 0.2) is 36.9 Å². The molecule has 1 saturated heterocycles. The molecule has 0 unspecified atom stereocenters. The van der Waals surface area contributed by atoms with E-state index in [4.69, 9.17) is 23.2 Å². The Bertz CT molecular complexity index is 629. The van der Waals surface area contributed by atoms with Crippen LogP contribution in [0, 0.1) is 5.92 Å². The van der Waals surface area contributed by atoms with Crippen LogP contribution >= 0.6 is 23.2 Å². The van der Waals surface area contributed by atoms with E-state index in [9.17, 15) is 4.79 Å². The van der Waals surface area contributed by atoms with Gasteiger partial charge in [0.25, 0.3) is 5.91 Å². The summed E-state index contributed by atoms with van der Waals surface area (Å²) in [5, 5.41) is 0.983. The Morgan fingerprint density at radius 1 is 1.18 bits per heavy atom. The lowest BCUT2D eigenvalue weighted by atomic mass is 9.96. The van der Waals surface area contributed by atoms with E-state index in [1.54, 1.807) is 24.4 Å². The van der Waals surface area contributed by atoms with Crippen LogP contribution in [0.5, 0.6) is 0 Å². The Kier molecular flexibility index (Phi) is 4.69. The quantitative estimate of drug-likeness (QED) is 0.855. The smallest absolute Gasteiger partial charge is 0.253 e. The average molecular weight is 338 g/mol. The third kappa shape index (κ3) is 3.62. The van der Waals surface area contributed by atoms with Gasteiger partial charge in [-0.15, -0.1) is 0 Å². The Labute approximate surface area is 139 Å². The molecule has 1 aromatic heterocycles. The van der Waals surface area contributed by atoms with E-state index >= 15 is 0 Å². The van der Waals surface area contributed by atoms with E-state index in [-0.39, 0.29) is 5.91 Å². The van der Waals surface area contributed by atoms with Gasteiger partial charge in [-0.25, -0.2) is 4.98 Å². The molecular formula is C16H17Cl2N3O. The van der Waals surface area contributed by atoms with Crippen molar-refractivity contribution >= 4 is 29.1 Å². The Morgan fingerprint density at radius 3 is 2.45 bits per heavy atom. The van der Waals surface area contributed by atoms with Crippen molar-refractivity contribution in [3.8, 4) is 0 Å². The van der Waals surface area contributed by atoms with Gasteiger partial charge in [0, 0.05) is 47.6 Å². The zero-order chi connectivity index (χ0) is 15.5. The Hall–Kier alpha value is -1.52. The van der Waals surface area contributed by atoms with Crippen LogP contribution in [0.4, 0.5) is 0 Å². The molecule has 0 radical (unpaired) electrons. The number of likely N-dealkylation sites (tertiary alicyclic amines) is 1. The van der Waals surface area contributed by atoms with Crippen molar-refractivity contribution in [1.82, 2.24) is 14.5 Å². The van der Waals surface area contributed by atoms with Gasteiger partial charge in [-0.1, -0.05) is 23.2 Å². The third-order valence-corrected chi connectivity index (χ3v) is 4.48. The first kappa shape index (κ1) is 15.4. The lowest BCUT2D eigenvalue weighted by Gasteiger charge is -2.32. The monoisotopic (exact) mass is 337 g/mol. The number of carbonyl (C=O) groups excluding carboxylic acids is 1. The molecule has 1 aliphatic heterocycles. The number of nitrogens with zero attached hydrogens (tertiary/aromatic N) is 3. The second-order valence-electron chi connectivity index (χ2n) is 5.65. The first-order valence-electron chi connectivity index (χ1n) is 7.33. The van der Waals surface area contributed by atoms with Crippen molar-refractivity contribution in [2.75, 3.05) is 13.1 Å². The third-order valence-electron chi connectivity index (χ3n) is 4.04. The molecule has 22 heavy (non-hydrogen) atoms. The van der Waals surface area contributed by atoms with Crippen molar-refractivity contribution in [1.29, 1.82) is 0 Å². The van der Waals surface area contributed by atoms with E-state index < -0.39 is 0 Å². The van der Waals surface area contributed by atoms with Gasteiger partial charge in [0.2, 0.25) is 0 Å². The fourth-order valence-corrected chi connectivity index (χ4v) is 3.40. The maximum absolute atomic E-state index is 12.5. The van der Waals surface area contributed by atoms with Crippen LogP contribution in [0.1, 0.15) is 23.2 Å². The van der Waals surface area contributed by atoms with Gasteiger partial charge in [-0.3, -0.25) is 4.79 Å². The maximum atomic E-state index is 12.5. The molecule has 4 nitrogen and oxygen atoms in total. The predicted octanol–water partition coefficient (Wildman–Crippen LogP) is 3.74. The molecule has 0 aliphatic carbocycles. The minimum absolute atomic E-state index is 0.00507. The number of halogens is 2. The fourth-order valence-electron chi connectivity index (χ4n) is 2.87. The molecule has 0 atom stereocenters. The summed E-state index contributed by atoms with van der Waals surface area (Å²) in [4.78, 5) is 18.5. The number of hydrogen-bond donors (Lipinski definition) is 0. The molecule has 116 valence electrons. The zero-order valence-corrected chi connectivity index (χ0v) is 13.6. The summed E-state index contributed by atoms with van der Waals surface area (Å²) < 4.78 is 2.10. The number of amides is 1. The standard InChI is InChI=1S/C16H17Cl2N3O/c17-14-7-13(8-15(18)9-14)16(22)21-4-1-12(2-5-21)10-20-6-3-19-11-20/h3,6-9,11-12H,1-2,4-5,10H2. The first-order valence-corrected chi connectivity index (χ1v) is 8.08. The number of hydrogen-bond acceptors (Lipinski definition) is 2. The van der Waals surface area contributed by atoms with Crippen LogP contribution in [0.3, 0.4) is 0 Å². The van der Waals surface area contributed by atoms with Crippen molar-refractivity contribution in [2.45, 2.75) is 19.4 Å². The number of aromatic nitrogens is 2. The molecule has 2 heterocycles. The largest absolute Gasteiger partial charge is 0.339 e. The van der Waals surface area contributed by atoms with Gasteiger partial charge < -0.3 is 9.47 Å². The maximum Gasteiger partial charge on any atom is 0.253 e. The van der Waals surface area contributed by atoms with Crippen LogP contribution in [0.25, 0.3) is 0 Å². The van der Waals surface area contributed by atoms with Gasteiger partial charge in [0.15, 0.2) is 0 Å². The van der Waals surface area contributed by atoms with Crippen molar-refractivity contribution in [3.63, 3.8) is 0 Å². The highest BCUT2D eigenvalue weighted by Gasteiger charge is 2.24. The van der Waals surface area contributed by atoms with Gasteiger partial charge in [0.05, 0.1) is 6.33 Å². The van der Waals surface area contributed by atoms with E-state index in [2.05, 4.69) is 9.55 Å². The van der Waals surface area contributed by atoms with Gasteiger partial charge >= 0.3 is 0 Å². The molecule has 6 heteroatoms. The summed E-state index contributed by atoms with van der Waals surface area (Å²) in [7, 11) is 0. The van der Waals surface area contributed by atoms with Crippen LogP contribution in [-0.4, -0.2) is 33.4 Å². The Balaban J connectivity index is 1.59. The fraction of sp³-hybridized carbons (Fsp3) is 0.375. The second-order valence-corrected chi connectivity index (χ2v) is 6.53. The molecule has 3 rings (SSSR count). The summed E-state index contributed by atoms with van der Waals surface area (Å²) in [5.74, 6) is 0.590. The van der Waals surface area contributed by atoms with Crippen molar-refractivity contribution < 1.29 is 4.79 Å². The summed E-state index contributed by atoms with van der Waals surface area (Å²) in [6.07, 6.45) is 7.61. The number of benzene rings is 1. The van der Waals surface area contributed by atoms with Crippen LogP contribution < -0.4 is 0 Å². The number of rotatable bonds is 3. The number of piperidine rings is 1. The SMILES string of the molecule is O=C(c1cc(Cl)cc(Cl)c1)N1CCC(Cn2ccnc2)CC1. The summed E-state index contributed by atoms with van der Waals surface area (Å²) in [5.41, 5.74) is 0.561. The lowest BCUT2D eigenvalue weighted by molar-refractivity contribution is 0.0683. The summed E-state index contributed by atoms with van der Waals surface area (Å²) in [6.45, 7) is 2.50. The topological polar surface area (TPSA) is 38.1 Å². The second kappa shape index (κ2) is 6.71. The van der Waals surface area contributed by atoms with Crippen LogP contribution in [-0.2, 0) is 6.54 Å². The van der Waals surface area contributed by atoms with Crippen molar-refractivity contribution in [3.05, 3.63) is 52.5 Å². The normalized spacial score (nSPS) is 16.0. The van der Waals surface area contributed by atoms with E-state index in [0.717, 1.165) is 32.5 Å². The summed E-state index contributed by atoms with van der Waals surface area (Å²) in [6, 6.07) is 4.98. The van der Waals surface area contributed by atoms with E-state index in [1.807, 2.05) is 17.4 Å². The van der Waals surface area contributed by atoms with Crippen LogP contribution in [0.2, 0.25) is 10.0 Å². The predicted molar refractivity (Wildman–Crippen MR) is 87.3 cm³/mol. The minimum Gasteiger partial charge on any atom is -0.339 e. The molecule has 1 aliphatic rings. The highest BCUT2D eigenvalue weighted by Crippen LogP contribution is 2.24. The molecule has 1 aromatic carbocycles. The molecule has 0 saturated carbocycles. The lowest BCUT2D eigenvalue weighted by Crippen LogP contribution is -2.39. The highest BCUT2D eigenvalue weighted by molar-refractivity contribution is 6.35. The van der Waals surface area contributed by atoms with E-state index in [1.165, 1.54) is 0 Å². The Morgan fingerprint density at radius 2 is 1.86 bits per heavy atom.